The van der Waals surface area contributed by atoms with Gasteiger partial charge < -0.3 is 14.8 Å². The number of carbonyl (C=O) groups excluding carboxylic acids is 1. The molecule has 4 aromatic rings. The van der Waals surface area contributed by atoms with Crippen LogP contribution in [0.2, 0.25) is 0 Å². The van der Waals surface area contributed by atoms with E-state index in [4.69, 9.17) is 14.5 Å². The third kappa shape index (κ3) is 3.70. The summed E-state index contributed by atoms with van der Waals surface area (Å²) < 4.78 is 10.8. The zero-order valence-corrected chi connectivity index (χ0v) is 17.4. The number of benzene rings is 3. The lowest BCUT2D eigenvalue weighted by Crippen LogP contribution is -2.23. The number of fused-ring (bicyclic) bond motifs is 2. The highest BCUT2D eigenvalue weighted by Gasteiger charge is 2.16. The Kier molecular flexibility index (Phi) is 4.79. The van der Waals surface area contributed by atoms with Crippen molar-refractivity contribution in [2.75, 3.05) is 6.79 Å². The van der Waals surface area contributed by atoms with E-state index in [9.17, 15) is 4.79 Å². The van der Waals surface area contributed by atoms with Gasteiger partial charge in [0.2, 0.25) is 6.79 Å². The van der Waals surface area contributed by atoms with Crippen LogP contribution in [0, 0.1) is 13.8 Å². The number of hydrogen-bond acceptors (Lipinski definition) is 4. The van der Waals surface area contributed by atoms with E-state index in [0.29, 0.717) is 17.9 Å². The molecule has 5 heteroatoms. The summed E-state index contributed by atoms with van der Waals surface area (Å²) in [6.07, 6.45) is 0. The second-order valence-corrected chi connectivity index (χ2v) is 7.76. The second-order valence-electron chi connectivity index (χ2n) is 7.76. The van der Waals surface area contributed by atoms with E-state index in [1.54, 1.807) is 0 Å². The van der Waals surface area contributed by atoms with Crippen LogP contribution < -0.4 is 14.8 Å². The van der Waals surface area contributed by atoms with Crippen molar-refractivity contribution in [1.29, 1.82) is 0 Å². The molecule has 1 aliphatic heterocycles. The van der Waals surface area contributed by atoms with Gasteiger partial charge in [0.25, 0.3) is 5.91 Å². The third-order valence-corrected chi connectivity index (χ3v) is 5.51. The molecule has 0 fully saturated rings. The summed E-state index contributed by atoms with van der Waals surface area (Å²) in [5.74, 6) is 1.30. The molecule has 0 aliphatic carbocycles. The minimum atomic E-state index is -0.137. The first-order valence-electron chi connectivity index (χ1n) is 10.2. The van der Waals surface area contributed by atoms with E-state index in [2.05, 4.69) is 37.4 Å². The van der Waals surface area contributed by atoms with Gasteiger partial charge in [-0.05, 0) is 49.2 Å². The molecular weight excluding hydrogens is 388 g/mol. The first kappa shape index (κ1) is 19.1. The normalized spacial score (nSPS) is 12.2. The summed E-state index contributed by atoms with van der Waals surface area (Å²) in [4.78, 5) is 18.0. The van der Waals surface area contributed by atoms with Crippen molar-refractivity contribution in [2.24, 2.45) is 0 Å². The fourth-order valence-electron chi connectivity index (χ4n) is 3.93. The van der Waals surface area contributed by atoms with Gasteiger partial charge in [-0.15, -0.1) is 0 Å². The average molecular weight is 410 g/mol. The summed E-state index contributed by atoms with van der Waals surface area (Å²) in [5.41, 5.74) is 6.52. The number of hydrogen-bond donors (Lipinski definition) is 1. The Hall–Kier alpha value is -3.86. The van der Waals surface area contributed by atoms with Gasteiger partial charge in [0, 0.05) is 17.5 Å². The Morgan fingerprint density at radius 1 is 0.968 bits per heavy atom. The quantitative estimate of drug-likeness (QED) is 0.504. The van der Waals surface area contributed by atoms with Crippen LogP contribution in [0.4, 0.5) is 0 Å². The van der Waals surface area contributed by atoms with Crippen molar-refractivity contribution in [2.45, 2.75) is 20.4 Å². The number of ether oxygens (including phenoxy) is 2. The second kappa shape index (κ2) is 7.76. The number of amides is 1. The van der Waals surface area contributed by atoms with Gasteiger partial charge in [0.05, 0.1) is 16.8 Å². The van der Waals surface area contributed by atoms with Crippen LogP contribution in [0.15, 0.2) is 66.7 Å². The van der Waals surface area contributed by atoms with Crippen molar-refractivity contribution in [3.63, 3.8) is 0 Å². The first-order chi connectivity index (χ1) is 15.1. The van der Waals surface area contributed by atoms with Crippen molar-refractivity contribution < 1.29 is 14.3 Å². The van der Waals surface area contributed by atoms with E-state index in [1.807, 2.05) is 48.5 Å². The van der Waals surface area contributed by atoms with E-state index in [1.165, 1.54) is 5.56 Å². The Balaban J connectivity index is 1.48. The van der Waals surface area contributed by atoms with E-state index < -0.39 is 0 Å². The van der Waals surface area contributed by atoms with E-state index in [-0.39, 0.29) is 12.7 Å². The molecule has 0 bridgehead atoms. The lowest BCUT2D eigenvalue weighted by molar-refractivity contribution is 0.0952. The molecule has 0 spiro atoms. The topological polar surface area (TPSA) is 60.5 Å². The molecule has 1 N–H and O–H groups in total. The van der Waals surface area contributed by atoms with Gasteiger partial charge >= 0.3 is 0 Å². The standard InChI is InChI=1S/C26H22N2O3/c1-16-7-9-19(17(2)11-16)23-13-21(20-5-3-4-6-22(20)28-23)26(29)27-14-18-8-10-24-25(12-18)31-15-30-24/h3-13H,14-15H2,1-2H3,(H,27,29). The van der Waals surface area contributed by atoms with Crippen molar-refractivity contribution in [3.8, 4) is 22.8 Å². The largest absolute Gasteiger partial charge is 0.454 e. The monoisotopic (exact) mass is 410 g/mol. The van der Waals surface area contributed by atoms with Gasteiger partial charge in [0.15, 0.2) is 11.5 Å². The average Bonchev–Trinajstić information content (AvgIpc) is 3.24. The lowest BCUT2D eigenvalue weighted by atomic mass is 9.99. The highest BCUT2D eigenvalue weighted by molar-refractivity contribution is 6.07. The van der Waals surface area contributed by atoms with E-state index in [0.717, 1.165) is 39.0 Å². The number of aryl methyl sites for hydroxylation is 2. The lowest BCUT2D eigenvalue weighted by Gasteiger charge is -2.12. The predicted molar refractivity (Wildman–Crippen MR) is 120 cm³/mol. The van der Waals surface area contributed by atoms with Gasteiger partial charge in [-0.3, -0.25) is 4.79 Å². The minimum absolute atomic E-state index is 0.137. The molecular formula is C26H22N2O3. The zero-order valence-electron chi connectivity index (χ0n) is 17.4. The van der Waals surface area contributed by atoms with Crippen LogP contribution in [-0.4, -0.2) is 17.7 Å². The maximum Gasteiger partial charge on any atom is 0.252 e. The summed E-state index contributed by atoms with van der Waals surface area (Å²) in [6.45, 7) is 4.76. The molecule has 154 valence electrons. The van der Waals surface area contributed by atoms with Gasteiger partial charge in [-0.1, -0.05) is 48.0 Å². The van der Waals surface area contributed by atoms with Crippen LogP contribution >= 0.6 is 0 Å². The molecule has 1 amide bonds. The molecule has 5 rings (SSSR count). The minimum Gasteiger partial charge on any atom is -0.454 e. The van der Waals surface area contributed by atoms with Crippen LogP contribution in [0.1, 0.15) is 27.0 Å². The summed E-state index contributed by atoms with van der Waals surface area (Å²) >= 11 is 0. The highest BCUT2D eigenvalue weighted by Crippen LogP contribution is 2.32. The highest BCUT2D eigenvalue weighted by atomic mass is 16.7. The first-order valence-corrected chi connectivity index (χ1v) is 10.2. The third-order valence-electron chi connectivity index (χ3n) is 5.51. The summed E-state index contributed by atoms with van der Waals surface area (Å²) in [5, 5.41) is 3.87. The Labute approximate surface area is 180 Å². The van der Waals surface area contributed by atoms with E-state index >= 15 is 0 Å². The number of nitrogens with one attached hydrogen (secondary N) is 1. The number of para-hydroxylation sites is 1. The predicted octanol–water partition coefficient (Wildman–Crippen LogP) is 5.18. The van der Waals surface area contributed by atoms with Gasteiger partial charge in [-0.25, -0.2) is 4.98 Å². The molecule has 1 aromatic heterocycles. The Bertz CT molecular complexity index is 1310. The number of pyridine rings is 1. The molecule has 0 unspecified atom stereocenters. The number of nitrogens with zero attached hydrogens (tertiary/aromatic N) is 1. The molecule has 3 aromatic carbocycles. The number of rotatable bonds is 4. The van der Waals surface area contributed by atoms with Crippen LogP contribution in [0.25, 0.3) is 22.2 Å². The maximum absolute atomic E-state index is 13.2. The number of aromatic nitrogens is 1. The molecule has 0 saturated carbocycles. The Morgan fingerprint density at radius 3 is 2.68 bits per heavy atom. The number of carbonyl (C=O) groups is 1. The van der Waals surface area contributed by atoms with Crippen molar-refractivity contribution in [1.82, 2.24) is 10.3 Å². The van der Waals surface area contributed by atoms with Crippen molar-refractivity contribution in [3.05, 3.63) is 89.0 Å². The molecule has 5 nitrogen and oxygen atoms in total. The Morgan fingerprint density at radius 2 is 1.81 bits per heavy atom. The SMILES string of the molecule is Cc1ccc(-c2cc(C(=O)NCc3ccc4c(c3)OCO4)c3ccccc3n2)c(C)c1. The fraction of sp³-hybridized carbons (Fsp3) is 0.154. The van der Waals surface area contributed by atoms with Crippen LogP contribution in [0.3, 0.4) is 0 Å². The van der Waals surface area contributed by atoms with Crippen LogP contribution in [0.5, 0.6) is 11.5 Å². The summed E-state index contributed by atoms with van der Waals surface area (Å²) in [6, 6.07) is 21.6. The smallest absolute Gasteiger partial charge is 0.252 e. The van der Waals surface area contributed by atoms with Crippen molar-refractivity contribution >= 4 is 16.8 Å². The molecule has 2 heterocycles. The molecule has 31 heavy (non-hydrogen) atoms. The molecule has 0 saturated heterocycles. The molecule has 0 radical (unpaired) electrons. The molecule has 0 atom stereocenters. The van der Waals surface area contributed by atoms with Gasteiger partial charge in [0.1, 0.15) is 0 Å². The van der Waals surface area contributed by atoms with Crippen LogP contribution in [-0.2, 0) is 6.54 Å². The molecule has 1 aliphatic rings. The fourth-order valence-corrected chi connectivity index (χ4v) is 3.93. The zero-order chi connectivity index (χ0) is 21.4. The van der Waals surface area contributed by atoms with Gasteiger partial charge in [-0.2, -0.15) is 0 Å². The summed E-state index contributed by atoms with van der Waals surface area (Å²) in [7, 11) is 0. The maximum atomic E-state index is 13.2.